The molecule has 1 aliphatic carbocycles. The molecule has 7 heteroatoms. The molecule has 0 unspecified atom stereocenters. The van der Waals surface area contributed by atoms with Gasteiger partial charge in [-0.15, -0.1) is 5.10 Å². The van der Waals surface area contributed by atoms with E-state index in [1.165, 1.54) is 18.6 Å². The Morgan fingerprint density at radius 2 is 2.09 bits per heavy atom. The van der Waals surface area contributed by atoms with Crippen LogP contribution in [0, 0.1) is 28.4 Å². The fourth-order valence-electron chi connectivity index (χ4n) is 3.23. The van der Waals surface area contributed by atoms with Crippen LogP contribution in [0.15, 0.2) is 18.2 Å². The normalized spacial score (nSPS) is 15.3. The van der Waals surface area contributed by atoms with E-state index in [2.05, 4.69) is 16.4 Å². The van der Waals surface area contributed by atoms with Crippen LogP contribution in [-0.4, -0.2) is 19.9 Å². The number of nitriles is 1. The van der Waals surface area contributed by atoms with Gasteiger partial charge in [0, 0.05) is 18.1 Å². The Labute approximate surface area is 133 Å². The van der Waals surface area contributed by atoms with Gasteiger partial charge in [0.15, 0.2) is 5.69 Å². The minimum Gasteiger partial charge on any atom is -0.258 e. The van der Waals surface area contributed by atoms with Crippen molar-refractivity contribution in [2.75, 3.05) is 0 Å². The van der Waals surface area contributed by atoms with E-state index in [4.69, 9.17) is 0 Å². The molecule has 1 fully saturated rings. The zero-order chi connectivity index (χ0) is 16.4. The van der Waals surface area contributed by atoms with Crippen molar-refractivity contribution in [3.05, 3.63) is 45.3 Å². The first-order chi connectivity index (χ1) is 11.1. The maximum atomic E-state index is 11.1. The molecule has 1 aliphatic rings. The van der Waals surface area contributed by atoms with E-state index in [1.807, 2.05) is 6.92 Å². The van der Waals surface area contributed by atoms with Gasteiger partial charge in [0.05, 0.1) is 16.3 Å². The van der Waals surface area contributed by atoms with Crippen molar-refractivity contribution < 1.29 is 4.92 Å². The van der Waals surface area contributed by atoms with Gasteiger partial charge in [0.25, 0.3) is 5.69 Å². The molecular weight excluding hydrogens is 294 g/mol. The maximum absolute atomic E-state index is 11.1. The third-order valence-corrected chi connectivity index (χ3v) is 4.43. The van der Waals surface area contributed by atoms with Crippen molar-refractivity contribution >= 4 is 5.69 Å². The molecule has 0 spiro atoms. The van der Waals surface area contributed by atoms with Crippen LogP contribution >= 0.6 is 0 Å². The van der Waals surface area contributed by atoms with Gasteiger partial charge < -0.3 is 0 Å². The van der Waals surface area contributed by atoms with Gasteiger partial charge in [0.2, 0.25) is 0 Å². The third kappa shape index (κ3) is 2.80. The van der Waals surface area contributed by atoms with E-state index in [1.54, 1.807) is 10.7 Å². The lowest BCUT2D eigenvalue weighted by molar-refractivity contribution is -0.384. The van der Waals surface area contributed by atoms with Gasteiger partial charge in [-0.3, -0.25) is 10.1 Å². The lowest BCUT2D eigenvalue weighted by Gasteiger charge is -2.22. The molecular formula is C16H17N5O2. The van der Waals surface area contributed by atoms with Crippen LogP contribution < -0.4 is 0 Å². The quantitative estimate of drug-likeness (QED) is 0.639. The largest absolute Gasteiger partial charge is 0.271 e. The summed E-state index contributed by atoms with van der Waals surface area (Å²) in [5, 5.41) is 28.5. The van der Waals surface area contributed by atoms with E-state index in [0.29, 0.717) is 11.4 Å². The fraction of sp³-hybridized carbons (Fsp3) is 0.438. The van der Waals surface area contributed by atoms with E-state index >= 15 is 0 Å². The van der Waals surface area contributed by atoms with Crippen molar-refractivity contribution in [2.24, 2.45) is 0 Å². The first-order valence-corrected chi connectivity index (χ1v) is 7.73. The number of nitro groups is 1. The number of benzene rings is 1. The molecule has 23 heavy (non-hydrogen) atoms. The number of aromatic nitrogens is 3. The number of hydrogen-bond acceptors (Lipinski definition) is 5. The lowest BCUT2D eigenvalue weighted by Crippen LogP contribution is -2.13. The summed E-state index contributed by atoms with van der Waals surface area (Å²) in [6.45, 7) is 1.87. The molecule has 1 aromatic heterocycles. The zero-order valence-electron chi connectivity index (χ0n) is 12.9. The lowest BCUT2D eigenvalue weighted by atomic mass is 9.86. The average Bonchev–Trinajstić information content (AvgIpc) is 2.99. The molecule has 0 saturated heterocycles. The summed E-state index contributed by atoms with van der Waals surface area (Å²) in [5.74, 6) is 0.229. The summed E-state index contributed by atoms with van der Waals surface area (Å²) in [4.78, 5) is 10.6. The molecule has 1 aromatic carbocycles. The van der Waals surface area contributed by atoms with Crippen molar-refractivity contribution in [1.82, 2.24) is 15.0 Å². The Morgan fingerprint density at radius 3 is 2.74 bits per heavy atom. The highest BCUT2D eigenvalue weighted by Gasteiger charge is 2.26. The van der Waals surface area contributed by atoms with Crippen molar-refractivity contribution in [2.45, 2.75) is 44.9 Å². The van der Waals surface area contributed by atoms with Gasteiger partial charge in [-0.25, -0.2) is 4.68 Å². The second-order valence-corrected chi connectivity index (χ2v) is 5.91. The SMILES string of the molecule is Cc1ccc([N+](=O)[O-])cc1-n1nnc(C#N)c1C1CCCCC1. The summed E-state index contributed by atoms with van der Waals surface area (Å²) in [5.41, 5.74) is 2.60. The highest BCUT2D eigenvalue weighted by molar-refractivity contribution is 5.50. The van der Waals surface area contributed by atoms with Crippen LogP contribution in [0.5, 0.6) is 0 Å². The van der Waals surface area contributed by atoms with Crippen LogP contribution in [0.1, 0.15) is 55.0 Å². The predicted molar refractivity (Wildman–Crippen MR) is 83.3 cm³/mol. The third-order valence-electron chi connectivity index (χ3n) is 4.43. The molecule has 0 amide bonds. The Balaban J connectivity index is 2.13. The Morgan fingerprint density at radius 1 is 1.35 bits per heavy atom. The number of nitro benzene ring substituents is 1. The molecule has 0 N–H and O–H groups in total. The van der Waals surface area contributed by atoms with Crippen LogP contribution in [0.3, 0.4) is 0 Å². The van der Waals surface area contributed by atoms with Crippen LogP contribution in [0.25, 0.3) is 5.69 Å². The summed E-state index contributed by atoms with van der Waals surface area (Å²) < 4.78 is 1.62. The number of nitrogens with zero attached hydrogens (tertiary/aromatic N) is 5. The molecule has 7 nitrogen and oxygen atoms in total. The van der Waals surface area contributed by atoms with Crippen molar-refractivity contribution in [3.8, 4) is 11.8 Å². The Hall–Kier alpha value is -2.75. The van der Waals surface area contributed by atoms with Crippen molar-refractivity contribution in [3.63, 3.8) is 0 Å². The molecule has 2 aromatic rings. The highest BCUT2D eigenvalue weighted by Crippen LogP contribution is 2.35. The van der Waals surface area contributed by atoms with Gasteiger partial charge in [0.1, 0.15) is 6.07 Å². The summed E-state index contributed by atoms with van der Waals surface area (Å²) in [6, 6.07) is 6.78. The standard InChI is InChI=1S/C16H17N5O2/c1-11-7-8-13(21(22)23)9-15(11)20-16(14(10-17)18-19-20)12-5-3-2-4-6-12/h7-9,12H,2-6H2,1H3. The second-order valence-electron chi connectivity index (χ2n) is 5.91. The molecule has 0 bridgehead atoms. The monoisotopic (exact) mass is 311 g/mol. The summed E-state index contributed by atoms with van der Waals surface area (Å²) in [7, 11) is 0. The van der Waals surface area contributed by atoms with E-state index < -0.39 is 4.92 Å². The van der Waals surface area contributed by atoms with E-state index in [0.717, 1.165) is 36.9 Å². The Bertz CT molecular complexity index is 784. The summed E-state index contributed by atoms with van der Waals surface area (Å²) in [6.07, 6.45) is 5.44. The molecule has 0 aliphatic heterocycles. The first kappa shape index (κ1) is 15.2. The number of hydrogen-bond donors (Lipinski definition) is 0. The first-order valence-electron chi connectivity index (χ1n) is 7.73. The van der Waals surface area contributed by atoms with Gasteiger partial charge in [-0.1, -0.05) is 30.5 Å². The van der Waals surface area contributed by atoms with Crippen LogP contribution in [0.4, 0.5) is 5.69 Å². The van der Waals surface area contributed by atoms with E-state index in [-0.39, 0.29) is 11.6 Å². The molecule has 0 atom stereocenters. The molecule has 1 heterocycles. The highest BCUT2D eigenvalue weighted by atomic mass is 16.6. The number of non-ortho nitro benzene ring substituents is 1. The maximum Gasteiger partial charge on any atom is 0.271 e. The average molecular weight is 311 g/mol. The minimum absolute atomic E-state index is 0.00852. The Kier molecular flexibility index (Phi) is 4.06. The van der Waals surface area contributed by atoms with Crippen LogP contribution in [-0.2, 0) is 0 Å². The molecule has 0 radical (unpaired) electrons. The number of rotatable bonds is 3. The number of aryl methyl sites for hydroxylation is 1. The minimum atomic E-state index is -0.425. The molecule has 1 saturated carbocycles. The predicted octanol–water partition coefficient (Wildman–Crippen LogP) is 3.40. The van der Waals surface area contributed by atoms with Gasteiger partial charge >= 0.3 is 0 Å². The van der Waals surface area contributed by atoms with Crippen LogP contribution in [0.2, 0.25) is 0 Å². The van der Waals surface area contributed by atoms with Gasteiger partial charge in [-0.2, -0.15) is 5.26 Å². The zero-order valence-corrected chi connectivity index (χ0v) is 12.9. The summed E-state index contributed by atoms with van der Waals surface area (Å²) >= 11 is 0. The fourth-order valence-corrected chi connectivity index (χ4v) is 3.23. The topological polar surface area (TPSA) is 97.6 Å². The molecule has 3 rings (SSSR count). The van der Waals surface area contributed by atoms with E-state index in [9.17, 15) is 15.4 Å². The van der Waals surface area contributed by atoms with Gasteiger partial charge in [-0.05, 0) is 25.3 Å². The second kappa shape index (κ2) is 6.16. The smallest absolute Gasteiger partial charge is 0.258 e. The molecule has 118 valence electrons. The van der Waals surface area contributed by atoms with Crippen molar-refractivity contribution in [1.29, 1.82) is 5.26 Å².